The van der Waals surface area contributed by atoms with E-state index in [0.29, 0.717) is 0 Å². The zero-order valence-corrected chi connectivity index (χ0v) is 8.62. The summed E-state index contributed by atoms with van der Waals surface area (Å²) < 4.78 is 9.51. The molecule has 0 bridgehead atoms. The van der Waals surface area contributed by atoms with Crippen molar-refractivity contribution < 1.29 is 4.57 Å². The summed E-state index contributed by atoms with van der Waals surface area (Å²) >= 11 is 13.8. The summed E-state index contributed by atoms with van der Waals surface area (Å²) in [4.78, 5) is 0. The first-order chi connectivity index (χ1) is 5.00. The van der Waals surface area contributed by atoms with Crippen molar-refractivity contribution in [3.63, 3.8) is 0 Å². The molecular formula is C6H6Cl3OP. The molecule has 1 nitrogen and oxygen atoms in total. The van der Waals surface area contributed by atoms with Gasteiger partial charge < -0.3 is 0 Å². The van der Waals surface area contributed by atoms with Crippen LogP contribution in [0.5, 0.6) is 0 Å². The minimum atomic E-state index is -3.22. The van der Waals surface area contributed by atoms with Crippen LogP contribution in [0, 0.1) is 0 Å². The standard InChI is InChI=1S/C6H6.Cl3OP/c1-2-4-6-5-3-1;1-5(2,3)4/h1-6H;. The van der Waals surface area contributed by atoms with Crippen molar-refractivity contribution in [1.82, 2.24) is 0 Å². The molecule has 0 spiro atoms. The number of hydrogen-bond donors (Lipinski definition) is 0. The molecule has 0 amide bonds. The highest BCUT2D eigenvalue weighted by Gasteiger charge is 2.02. The maximum Gasteiger partial charge on any atom is 0.339 e. The van der Waals surface area contributed by atoms with Gasteiger partial charge in [-0.25, -0.2) is 0 Å². The quantitative estimate of drug-likeness (QED) is 0.601. The molecule has 0 aromatic heterocycles. The minimum Gasteiger partial charge on any atom is -0.271 e. The van der Waals surface area contributed by atoms with E-state index in [1.807, 2.05) is 36.4 Å². The van der Waals surface area contributed by atoms with Crippen LogP contribution < -0.4 is 0 Å². The number of halogens is 3. The van der Waals surface area contributed by atoms with Gasteiger partial charge in [0.25, 0.3) is 0 Å². The minimum absolute atomic E-state index is 2.00. The fourth-order valence-electron chi connectivity index (χ4n) is 0.385. The summed E-state index contributed by atoms with van der Waals surface area (Å²) in [5.41, 5.74) is 0. The lowest BCUT2D eigenvalue weighted by atomic mass is 10.4. The van der Waals surface area contributed by atoms with E-state index < -0.39 is 5.20 Å². The molecule has 0 atom stereocenters. The third-order valence-electron chi connectivity index (χ3n) is 0.667. The highest BCUT2D eigenvalue weighted by Crippen LogP contribution is 2.61. The molecule has 62 valence electrons. The van der Waals surface area contributed by atoms with Gasteiger partial charge in [-0.3, -0.25) is 4.57 Å². The Hall–Kier alpha value is 0.320. The number of benzene rings is 1. The second-order valence-corrected chi connectivity index (χ2v) is 8.19. The molecule has 11 heavy (non-hydrogen) atoms. The molecule has 1 rings (SSSR count). The van der Waals surface area contributed by atoms with Gasteiger partial charge >= 0.3 is 5.20 Å². The molecule has 0 radical (unpaired) electrons. The average molecular weight is 231 g/mol. The highest BCUT2D eigenvalue weighted by molar-refractivity contribution is 8.24. The van der Waals surface area contributed by atoms with E-state index in [4.69, 9.17) is 0 Å². The smallest absolute Gasteiger partial charge is 0.271 e. The van der Waals surface area contributed by atoms with Gasteiger partial charge in [-0.15, -0.1) is 0 Å². The average Bonchev–Trinajstić information content (AvgIpc) is 1.88. The van der Waals surface area contributed by atoms with Gasteiger partial charge in [0.15, 0.2) is 0 Å². The summed E-state index contributed by atoms with van der Waals surface area (Å²) in [6.07, 6.45) is 0. The summed E-state index contributed by atoms with van der Waals surface area (Å²) in [6, 6.07) is 12.0. The molecule has 0 fully saturated rings. The molecule has 0 unspecified atom stereocenters. The third-order valence-corrected chi connectivity index (χ3v) is 0.667. The van der Waals surface area contributed by atoms with Crippen molar-refractivity contribution in [3.8, 4) is 0 Å². The number of hydrogen-bond acceptors (Lipinski definition) is 1. The monoisotopic (exact) mass is 230 g/mol. The van der Waals surface area contributed by atoms with E-state index >= 15 is 0 Å². The van der Waals surface area contributed by atoms with Crippen LogP contribution in [-0.4, -0.2) is 0 Å². The Bertz CT molecular complexity index is 186. The van der Waals surface area contributed by atoms with Crippen LogP contribution in [0.4, 0.5) is 0 Å². The Morgan fingerprint density at radius 3 is 0.909 bits per heavy atom. The van der Waals surface area contributed by atoms with Crippen molar-refractivity contribution in [2.45, 2.75) is 0 Å². The summed E-state index contributed by atoms with van der Waals surface area (Å²) in [5.74, 6) is 0. The van der Waals surface area contributed by atoms with Crippen LogP contribution in [0.25, 0.3) is 0 Å². The Balaban J connectivity index is 0.000000187. The van der Waals surface area contributed by atoms with Gasteiger partial charge in [0.2, 0.25) is 0 Å². The number of rotatable bonds is 0. The van der Waals surface area contributed by atoms with Crippen molar-refractivity contribution >= 4 is 38.9 Å². The molecule has 0 N–H and O–H groups in total. The lowest BCUT2D eigenvalue weighted by Gasteiger charge is -1.74. The molecular weight excluding hydrogens is 225 g/mol. The topological polar surface area (TPSA) is 17.1 Å². The Morgan fingerprint density at radius 2 is 0.818 bits per heavy atom. The van der Waals surface area contributed by atoms with Gasteiger partial charge in [0, 0.05) is 0 Å². The molecule has 0 aliphatic rings. The predicted octanol–water partition coefficient (Wildman–Crippen LogP) is 4.50. The first-order valence-electron chi connectivity index (χ1n) is 2.69. The second kappa shape index (κ2) is 5.91. The molecule has 1 aromatic carbocycles. The molecule has 0 saturated carbocycles. The SMILES string of the molecule is O=P(Cl)(Cl)Cl.c1ccccc1. The Labute approximate surface area is 80.0 Å². The van der Waals surface area contributed by atoms with Crippen LogP contribution in [0.3, 0.4) is 0 Å². The lowest BCUT2D eigenvalue weighted by molar-refractivity contribution is 0.600. The van der Waals surface area contributed by atoms with E-state index in [1.54, 1.807) is 0 Å². The molecule has 0 heterocycles. The fourth-order valence-corrected chi connectivity index (χ4v) is 0.385. The van der Waals surface area contributed by atoms with Gasteiger partial charge in [0.05, 0.1) is 0 Å². The third kappa shape index (κ3) is 17.9. The maximum absolute atomic E-state index is 9.51. The first-order valence-corrected chi connectivity index (χ1v) is 7.11. The predicted molar refractivity (Wildman–Crippen MR) is 51.6 cm³/mol. The van der Waals surface area contributed by atoms with E-state index in [1.165, 1.54) is 0 Å². The molecule has 0 aliphatic heterocycles. The normalized spacial score (nSPS) is 9.73. The summed E-state index contributed by atoms with van der Waals surface area (Å²) in [7, 11) is 0. The van der Waals surface area contributed by atoms with Crippen LogP contribution >= 0.6 is 38.9 Å². The molecule has 5 heteroatoms. The van der Waals surface area contributed by atoms with Gasteiger partial charge in [-0.1, -0.05) is 36.4 Å². The van der Waals surface area contributed by atoms with E-state index in [2.05, 4.69) is 33.7 Å². The second-order valence-electron chi connectivity index (χ2n) is 1.55. The van der Waals surface area contributed by atoms with Crippen LogP contribution in [0.2, 0.25) is 0 Å². The van der Waals surface area contributed by atoms with Gasteiger partial charge in [-0.05, 0) is 33.7 Å². The van der Waals surface area contributed by atoms with Crippen molar-refractivity contribution in [3.05, 3.63) is 36.4 Å². The van der Waals surface area contributed by atoms with Gasteiger partial charge in [0.1, 0.15) is 0 Å². The molecule has 0 aliphatic carbocycles. The summed E-state index contributed by atoms with van der Waals surface area (Å²) in [5, 5.41) is -3.22. The lowest BCUT2D eigenvalue weighted by Crippen LogP contribution is -1.47. The van der Waals surface area contributed by atoms with Crippen molar-refractivity contribution in [2.24, 2.45) is 0 Å². The van der Waals surface area contributed by atoms with E-state index in [0.717, 1.165) is 0 Å². The van der Waals surface area contributed by atoms with E-state index in [-0.39, 0.29) is 0 Å². The Morgan fingerprint density at radius 1 is 0.727 bits per heavy atom. The molecule has 0 saturated heterocycles. The maximum atomic E-state index is 9.51. The largest absolute Gasteiger partial charge is 0.339 e. The van der Waals surface area contributed by atoms with E-state index in [9.17, 15) is 4.57 Å². The van der Waals surface area contributed by atoms with Crippen LogP contribution in [-0.2, 0) is 4.57 Å². The van der Waals surface area contributed by atoms with Crippen molar-refractivity contribution in [2.75, 3.05) is 0 Å². The van der Waals surface area contributed by atoms with Crippen LogP contribution in [0.15, 0.2) is 36.4 Å². The zero-order chi connectivity index (χ0) is 8.74. The summed E-state index contributed by atoms with van der Waals surface area (Å²) in [6.45, 7) is 0. The van der Waals surface area contributed by atoms with Crippen molar-refractivity contribution in [1.29, 1.82) is 0 Å². The highest BCUT2D eigenvalue weighted by atomic mass is 36.0. The van der Waals surface area contributed by atoms with Gasteiger partial charge in [-0.2, -0.15) is 0 Å². The van der Waals surface area contributed by atoms with Crippen LogP contribution in [0.1, 0.15) is 0 Å². The molecule has 1 aromatic rings. The Kier molecular flexibility index (Phi) is 6.08. The zero-order valence-electron chi connectivity index (χ0n) is 5.45. The first kappa shape index (κ1) is 11.3. The fraction of sp³-hybridized carbons (Fsp3) is 0.